The predicted octanol–water partition coefficient (Wildman–Crippen LogP) is 2.58. The van der Waals surface area contributed by atoms with E-state index in [1.54, 1.807) is 19.4 Å². The Morgan fingerprint density at radius 1 is 1.44 bits per heavy atom. The average molecular weight is 223 g/mol. The molecule has 1 aromatic rings. The maximum Gasteiger partial charge on any atom is 0.225 e. The fraction of sp³-hybridized carbons (Fsp3) is 0.667. The zero-order valence-corrected chi connectivity index (χ0v) is 10.7. The molecule has 0 saturated heterocycles. The standard InChI is InChI=1S/C12H21N3O/c1-9(2)12(3,4)8-14-11-13-7-6-10(15-11)16-5/h6-7,9H,8H2,1-5H3,(H,13,14,15). The average Bonchev–Trinajstić information content (AvgIpc) is 2.26. The molecule has 0 aliphatic carbocycles. The van der Waals surface area contributed by atoms with Crippen molar-refractivity contribution in [2.75, 3.05) is 19.0 Å². The molecule has 1 aromatic heterocycles. The van der Waals surface area contributed by atoms with E-state index in [0.29, 0.717) is 17.7 Å². The summed E-state index contributed by atoms with van der Waals surface area (Å²) in [5.41, 5.74) is 0.215. The summed E-state index contributed by atoms with van der Waals surface area (Å²) in [6, 6.07) is 1.73. The highest BCUT2D eigenvalue weighted by Crippen LogP contribution is 2.25. The molecule has 0 aromatic carbocycles. The third-order valence-electron chi connectivity index (χ3n) is 3.10. The molecule has 0 atom stereocenters. The van der Waals surface area contributed by atoms with Crippen LogP contribution in [0.1, 0.15) is 27.7 Å². The highest BCUT2D eigenvalue weighted by molar-refractivity contribution is 5.27. The molecule has 4 nitrogen and oxygen atoms in total. The van der Waals surface area contributed by atoms with Crippen molar-refractivity contribution in [3.05, 3.63) is 12.3 Å². The summed E-state index contributed by atoms with van der Waals surface area (Å²) in [5.74, 6) is 1.80. The third-order valence-corrected chi connectivity index (χ3v) is 3.10. The van der Waals surface area contributed by atoms with Gasteiger partial charge in [-0.3, -0.25) is 0 Å². The number of ether oxygens (including phenoxy) is 1. The fourth-order valence-electron chi connectivity index (χ4n) is 1.05. The van der Waals surface area contributed by atoms with Gasteiger partial charge >= 0.3 is 0 Å². The number of methoxy groups -OCH3 is 1. The van der Waals surface area contributed by atoms with Crippen LogP contribution in [0.15, 0.2) is 12.3 Å². The lowest BCUT2D eigenvalue weighted by atomic mass is 9.81. The lowest BCUT2D eigenvalue weighted by molar-refractivity contribution is 0.269. The third kappa shape index (κ3) is 3.36. The molecule has 90 valence electrons. The van der Waals surface area contributed by atoms with E-state index >= 15 is 0 Å². The lowest BCUT2D eigenvalue weighted by Gasteiger charge is -2.29. The van der Waals surface area contributed by atoms with Gasteiger partial charge in [0.1, 0.15) is 0 Å². The Bertz CT molecular complexity index is 337. The maximum absolute atomic E-state index is 5.04. The topological polar surface area (TPSA) is 47.0 Å². The zero-order chi connectivity index (χ0) is 12.2. The molecule has 0 radical (unpaired) electrons. The molecule has 0 unspecified atom stereocenters. The van der Waals surface area contributed by atoms with Gasteiger partial charge in [-0.05, 0) is 11.3 Å². The predicted molar refractivity (Wildman–Crippen MR) is 65.7 cm³/mol. The van der Waals surface area contributed by atoms with E-state index in [0.717, 1.165) is 6.54 Å². The first-order chi connectivity index (χ1) is 7.45. The Morgan fingerprint density at radius 2 is 2.12 bits per heavy atom. The van der Waals surface area contributed by atoms with Crippen LogP contribution in [0, 0.1) is 11.3 Å². The van der Waals surface area contributed by atoms with E-state index in [4.69, 9.17) is 4.74 Å². The van der Waals surface area contributed by atoms with Gasteiger partial charge in [0, 0.05) is 18.8 Å². The Morgan fingerprint density at radius 3 is 2.69 bits per heavy atom. The van der Waals surface area contributed by atoms with Gasteiger partial charge in [-0.15, -0.1) is 0 Å². The van der Waals surface area contributed by atoms with Crippen molar-refractivity contribution in [3.8, 4) is 5.88 Å². The molecule has 1 rings (SSSR count). The minimum atomic E-state index is 0.215. The van der Waals surface area contributed by atoms with Gasteiger partial charge in [0.15, 0.2) is 0 Å². The second kappa shape index (κ2) is 5.14. The summed E-state index contributed by atoms with van der Waals surface area (Å²) >= 11 is 0. The van der Waals surface area contributed by atoms with Crippen molar-refractivity contribution in [3.63, 3.8) is 0 Å². The van der Waals surface area contributed by atoms with E-state index in [9.17, 15) is 0 Å². The molecule has 1 N–H and O–H groups in total. The van der Waals surface area contributed by atoms with E-state index in [-0.39, 0.29) is 5.41 Å². The van der Waals surface area contributed by atoms with Crippen LogP contribution < -0.4 is 10.1 Å². The van der Waals surface area contributed by atoms with Gasteiger partial charge in [0.05, 0.1) is 7.11 Å². The Kier molecular flexibility index (Phi) is 4.10. The summed E-state index contributed by atoms with van der Waals surface area (Å²) in [6.07, 6.45) is 1.69. The molecule has 0 bridgehead atoms. The first kappa shape index (κ1) is 12.7. The van der Waals surface area contributed by atoms with Crippen molar-refractivity contribution in [1.29, 1.82) is 0 Å². The van der Waals surface area contributed by atoms with Crippen LogP contribution in [0.3, 0.4) is 0 Å². The molecular weight excluding hydrogens is 202 g/mol. The van der Waals surface area contributed by atoms with Gasteiger partial charge in [-0.25, -0.2) is 4.98 Å². The quantitative estimate of drug-likeness (QED) is 0.833. The number of hydrogen-bond acceptors (Lipinski definition) is 4. The summed E-state index contributed by atoms with van der Waals surface area (Å²) in [4.78, 5) is 8.36. The number of hydrogen-bond donors (Lipinski definition) is 1. The number of aromatic nitrogens is 2. The minimum Gasteiger partial charge on any atom is -0.481 e. The first-order valence-electron chi connectivity index (χ1n) is 5.56. The van der Waals surface area contributed by atoms with E-state index < -0.39 is 0 Å². The highest BCUT2D eigenvalue weighted by Gasteiger charge is 2.22. The van der Waals surface area contributed by atoms with Gasteiger partial charge in [0.2, 0.25) is 11.8 Å². The Balaban J connectivity index is 2.60. The van der Waals surface area contributed by atoms with Gasteiger partial charge in [-0.1, -0.05) is 27.7 Å². The van der Waals surface area contributed by atoms with Gasteiger partial charge in [0.25, 0.3) is 0 Å². The van der Waals surface area contributed by atoms with Crippen molar-refractivity contribution in [2.45, 2.75) is 27.7 Å². The summed E-state index contributed by atoms with van der Waals surface area (Å²) in [7, 11) is 1.60. The van der Waals surface area contributed by atoms with Crippen LogP contribution >= 0.6 is 0 Å². The van der Waals surface area contributed by atoms with Crippen molar-refractivity contribution in [2.24, 2.45) is 11.3 Å². The van der Waals surface area contributed by atoms with Crippen LogP contribution in [-0.2, 0) is 0 Å². The van der Waals surface area contributed by atoms with Crippen molar-refractivity contribution < 1.29 is 4.74 Å². The van der Waals surface area contributed by atoms with E-state index in [1.807, 2.05) is 0 Å². The molecule has 4 heteroatoms. The zero-order valence-electron chi connectivity index (χ0n) is 10.7. The number of anilines is 1. The second-order valence-corrected chi connectivity index (χ2v) is 4.92. The van der Waals surface area contributed by atoms with E-state index in [2.05, 4.69) is 43.0 Å². The van der Waals surface area contributed by atoms with Crippen LogP contribution in [0.4, 0.5) is 5.95 Å². The lowest BCUT2D eigenvalue weighted by Crippen LogP contribution is -2.29. The molecule has 0 aliphatic rings. The van der Waals surface area contributed by atoms with Crippen molar-refractivity contribution >= 4 is 5.95 Å². The molecule has 0 fully saturated rings. The smallest absolute Gasteiger partial charge is 0.225 e. The summed E-state index contributed by atoms with van der Waals surface area (Å²) in [6.45, 7) is 9.73. The molecule has 0 aliphatic heterocycles. The molecule has 0 amide bonds. The summed E-state index contributed by atoms with van der Waals surface area (Å²) in [5, 5.41) is 3.24. The Hall–Kier alpha value is -1.32. The van der Waals surface area contributed by atoms with Crippen LogP contribution in [-0.4, -0.2) is 23.6 Å². The minimum absolute atomic E-state index is 0.215. The molecule has 16 heavy (non-hydrogen) atoms. The highest BCUT2D eigenvalue weighted by atomic mass is 16.5. The van der Waals surface area contributed by atoms with E-state index in [1.165, 1.54) is 0 Å². The SMILES string of the molecule is COc1ccnc(NCC(C)(C)C(C)C)n1. The Labute approximate surface area is 97.5 Å². The van der Waals surface area contributed by atoms with Gasteiger partial charge in [-0.2, -0.15) is 4.98 Å². The number of nitrogens with one attached hydrogen (secondary N) is 1. The molecular formula is C12H21N3O. The number of nitrogens with zero attached hydrogens (tertiary/aromatic N) is 2. The normalized spacial score (nSPS) is 11.6. The van der Waals surface area contributed by atoms with Crippen LogP contribution in [0.5, 0.6) is 5.88 Å². The fourth-order valence-corrected chi connectivity index (χ4v) is 1.05. The molecule has 0 saturated carbocycles. The molecule has 0 spiro atoms. The van der Waals surface area contributed by atoms with Crippen LogP contribution in [0.25, 0.3) is 0 Å². The molecule has 1 heterocycles. The van der Waals surface area contributed by atoms with Crippen molar-refractivity contribution in [1.82, 2.24) is 9.97 Å². The monoisotopic (exact) mass is 223 g/mol. The first-order valence-corrected chi connectivity index (χ1v) is 5.56. The summed E-state index contributed by atoms with van der Waals surface area (Å²) < 4.78 is 5.04. The largest absolute Gasteiger partial charge is 0.481 e. The maximum atomic E-state index is 5.04. The van der Waals surface area contributed by atoms with Gasteiger partial charge < -0.3 is 10.1 Å². The second-order valence-electron chi connectivity index (χ2n) is 4.92. The van der Waals surface area contributed by atoms with Crippen LogP contribution in [0.2, 0.25) is 0 Å². The number of rotatable bonds is 5.